The standard InChI is InChI=1S/C13H13BrN2OS/c1-9-12(18-8-15-9)13(17)16(2)7-10-4-3-5-11(14)6-10/h3-6,8H,7H2,1-2H3. The third kappa shape index (κ3) is 2.97. The normalized spacial score (nSPS) is 10.4. The second-order valence-electron chi connectivity index (χ2n) is 4.06. The summed E-state index contributed by atoms with van der Waals surface area (Å²) < 4.78 is 1.02. The molecular weight excluding hydrogens is 312 g/mol. The van der Waals surface area contributed by atoms with Gasteiger partial charge in [-0.1, -0.05) is 28.1 Å². The van der Waals surface area contributed by atoms with Crippen molar-refractivity contribution < 1.29 is 4.79 Å². The molecule has 3 nitrogen and oxygen atoms in total. The number of amides is 1. The number of carbonyl (C=O) groups is 1. The lowest BCUT2D eigenvalue weighted by atomic mass is 10.2. The van der Waals surface area contributed by atoms with Crippen molar-refractivity contribution in [2.45, 2.75) is 13.5 Å². The van der Waals surface area contributed by atoms with E-state index in [1.165, 1.54) is 11.3 Å². The number of thiazole rings is 1. The van der Waals surface area contributed by atoms with Crippen LogP contribution in [0, 0.1) is 6.92 Å². The molecule has 0 saturated carbocycles. The fourth-order valence-electron chi connectivity index (χ4n) is 1.66. The highest BCUT2D eigenvalue weighted by atomic mass is 79.9. The van der Waals surface area contributed by atoms with Gasteiger partial charge in [-0.2, -0.15) is 0 Å². The molecule has 0 saturated heterocycles. The molecule has 1 aromatic carbocycles. The first kappa shape index (κ1) is 13.2. The molecule has 0 bridgehead atoms. The predicted molar refractivity (Wildman–Crippen MR) is 76.8 cm³/mol. The Morgan fingerprint density at radius 3 is 2.89 bits per heavy atom. The van der Waals surface area contributed by atoms with Gasteiger partial charge < -0.3 is 4.90 Å². The van der Waals surface area contributed by atoms with Crippen LogP contribution in [-0.4, -0.2) is 22.8 Å². The second-order valence-corrected chi connectivity index (χ2v) is 5.83. The summed E-state index contributed by atoms with van der Waals surface area (Å²) in [5.74, 6) is 0.0231. The Morgan fingerprint density at radius 1 is 1.50 bits per heavy atom. The number of benzene rings is 1. The highest BCUT2D eigenvalue weighted by Gasteiger charge is 2.16. The first-order valence-corrected chi connectivity index (χ1v) is 7.15. The van der Waals surface area contributed by atoms with E-state index < -0.39 is 0 Å². The molecule has 1 heterocycles. The van der Waals surface area contributed by atoms with E-state index in [0.29, 0.717) is 11.4 Å². The summed E-state index contributed by atoms with van der Waals surface area (Å²) in [4.78, 5) is 18.7. The van der Waals surface area contributed by atoms with E-state index in [4.69, 9.17) is 0 Å². The molecule has 0 N–H and O–H groups in total. The Bertz CT molecular complexity index is 568. The summed E-state index contributed by atoms with van der Waals surface area (Å²) in [6.45, 7) is 2.45. The van der Waals surface area contributed by atoms with Gasteiger partial charge in [-0.05, 0) is 24.6 Å². The van der Waals surface area contributed by atoms with Gasteiger partial charge in [0.05, 0.1) is 11.2 Å². The summed E-state index contributed by atoms with van der Waals surface area (Å²) in [5, 5.41) is 0. The Morgan fingerprint density at radius 2 is 2.28 bits per heavy atom. The largest absolute Gasteiger partial charge is 0.337 e. The zero-order valence-corrected chi connectivity index (χ0v) is 12.6. The van der Waals surface area contributed by atoms with Crippen molar-refractivity contribution in [2.24, 2.45) is 0 Å². The van der Waals surface area contributed by atoms with Gasteiger partial charge in [-0.25, -0.2) is 4.98 Å². The lowest BCUT2D eigenvalue weighted by molar-refractivity contribution is 0.0789. The molecule has 0 unspecified atom stereocenters. The van der Waals surface area contributed by atoms with Crippen LogP contribution in [0.4, 0.5) is 0 Å². The molecule has 18 heavy (non-hydrogen) atoms. The Balaban J connectivity index is 2.11. The van der Waals surface area contributed by atoms with E-state index in [2.05, 4.69) is 20.9 Å². The van der Waals surface area contributed by atoms with Gasteiger partial charge in [-0.3, -0.25) is 4.79 Å². The molecule has 0 aliphatic rings. The Labute approximate surface area is 119 Å². The Kier molecular flexibility index (Phi) is 4.14. The quantitative estimate of drug-likeness (QED) is 0.865. The van der Waals surface area contributed by atoms with Crippen LogP contribution in [0.3, 0.4) is 0 Å². The van der Waals surface area contributed by atoms with Gasteiger partial charge in [-0.15, -0.1) is 11.3 Å². The molecule has 1 amide bonds. The number of rotatable bonds is 3. The predicted octanol–water partition coefficient (Wildman–Crippen LogP) is 3.49. The summed E-state index contributed by atoms with van der Waals surface area (Å²) in [6, 6.07) is 7.96. The number of aromatic nitrogens is 1. The fourth-order valence-corrected chi connectivity index (χ4v) is 2.90. The lowest BCUT2D eigenvalue weighted by Gasteiger charge is -2.16. The van der Waals surface area contributed by atoms with E-state index >= 15 is 0 Å². The molecule has 5 heteroatoms. The van der Waals surface area contributed by atoms with Crippen LogP contribution >= 0.6 is 27.3 Å². The van der Waals surface area contributed by atoms with Gasteiger partial charge in [0.2, 0.25) is 0 Å². The molecule has 0 radical (unpaired) electrons. The monoisotopic (exact) mass is 324 g/mol. The van der Waals surface area contributed by atoms with Gasteiger partial charge in [0.25, 0.3) is 5.91 Å². The average Bonchev–Trinajstić information content (AvgIpc) is 2.74. The number of carbonyl (C=O) groups excluding carboxylic acids is 1. The van der Waals surface area contributed by atoms with Crippen molar-refractivity contribution in [1.29, 1.82) is 0 Å². The maximum absolute atomic E-state index is 12.2. The molecule has 94 valence electrons. The van der Waals surface area contributed by atoms with Crippen molar-refractivity contribution in [3.05, 3.63) is 50.4 Å². The second kappa shape index (κ2) is 5.63. The van der Waals surface area contributed by atoms with Gasteiger partial charge in [0.15, 0.2) is 0 Å². The van der Waals surface area contributed by atoms with Crippen molar-refractivity contribution in [1.82, 2.24) is 9.88 Å². The zero-order chi connectivity index (χ0) is 13.1. The zero-order valence-electron chi connectivity index (χ0n) is 10.2. The number of aryl methyl sites for hydroxylation is 1. The van der Waals surface area contributed by atoms with Crippen LogP contribution in [0.5, 0.6) is 0 Å². The molecule has 0 spiro atoms. The van der Waals surface area contributed by atoms with Crippen LogP contribution in [-0.2, 0) is 6.54 Å². The summed E-state index contributed by atoms with van der Waals surface area (Å²) in [6.07, 6.45) is 0. The SMILES string of the molecule is Cc1ncsc1C(=O)N(C)Cc1cccc(Br)c1. The molecule has 0 aliphatic heterocycles. The van der Waals surface area contributed by atoms with E-state index in [9.17, 15) is 4.79 Å². The lowest BCUT2D eigenvalue weighted by Crippen LogP contribution is -2.26. The van der Waals surface area contributed by atoms with Crippen LogP contribution in [0.1, 0.15) is 20.9 Å². The van der Waals surface area contributed by atoms with Crippen molar-refractivity contribution in [2.75, 3.05) is 7.05 Å². The Hall–Kier alpha value is -1.20. The smallest absolute Gasteiger partial charge is 0.265 e. The van der Waals surface area contributed by atoms with Crippen molar-refractivity contribution >= 4 is 33.2 Å². The molecule has 1 aromatic heterocycles. The maximum atomic E-state index is 12.2. The number of nitrogens with zero attached hydrogens (tertiary/aromatic N) is 2. The third-order valence-corrected chi connectivity index (χ3v) is 4.01. The van der Waals surface area contributed by atoms with Crippen LogP contribution < -0.4 is 0 Å². The highest BCUT2D eigenvalue weighted by molar-refractivity contribution is 9.10. The number of halogens is 1. The molecule has 0 aliphatic carbocycles. The van der Waals surface area contributed by atoms with Gasteiger partial charge in [0.1, 0.15) is 4.88 Å². The van der Waals surface area contributed by atoms with Crippen molar-refractivity contribution in [3.63, 3.8) is 0 Å². The van der Waals surface area contributed by atoms with Gasteiger partial charge >= 0.3 is 0 Å². The highest BCUT2D eigenvalue weighted by Crippen LogP contribution is 2.17. The maximum Gasteiger partial charge on any atom is 0.265 e. The average molecular weight is 325 g/mol. The van der Waals surface area contributed by atoms with E-state index in [-0.39, 0.29) is 5.91 Å². The molecular formula is C13H13BrN2OS. The minimum atomic E-state index is 0.0231. The minimum Gasteiger partial charge on any atom is -0.337 e. The van der Waals surface area contributed by atoms with Crippen molar-refractivity contribution in [3.8, 4) is 0 Å². The molecule has 0 atom stereocenters. The molecule has 2 rings (SSSR count). The molecule has 2 aromatic rings. The summed E-state index contributed by atoms with van der Waals surface area (Å²) in [5.41, 5.74) is 3.60. The third-order valence-electron chi connectivity index (χ3n) is 2.60. The number of hydrogen-bond acceptors (Lipinski definition) is 3. The van der Waals surface area contributed by atoms with Crippen LogP contribution in [0.25, 0.3) is 0 Å². The van der Waals surface area contributed by atoms with E-state index in [1.807, 2.05) is 38.2 Å². The van der Waals surface area contributed by atoms with Crippen LogP contribution in [0.2, 0.25) is 0 Å². The summed E-state index contributed by atoms with van der Waals surface area (Å²) in [7, 11) is 1.81. The first-order valence-electron chi connectivity index (χ1n) is 5.48. The molecule has 0 fully saturated rings. The van der Waals surface area contributed by atoms with Crippen LogP contribution in [0.15, 0.2) is 34.2 Å². The fraction of sp³-hybridized carbons (Fsp3) is 0.231. The summed E-state index contributed by atoms with van der Waals surface area (Å²) >= 11 is 4.82. The minimum absolute atomic E-state index is 0.0231. The topological polar surface area (TPSA) is 33.2 Å². The number of hydrogen-bond donors (Lipinski definition) is 0. The van der Waals surface area contributed by atoms with E-state index in [0.717, 1.165) is 15.7 Å². The van der Waals surface area contributed by atoms with Gasteiger partial charge in [0, 0.05) is 18.1 Å². The first-order chi connectivity index (χ1) is 8.58. The van der Waals surface area contributed by atoms with E-state index in [1.54, 1.807) is 10.4 Å².